The Labute approximate surface area is 183 Å². The molecule has 2 aromatic carbocycles. The number of rotatable bonds is 5. The second-order valence-electron chi connectivity index (χ2n) is 6.99. The summed E-state index contributed by atoms with van der Waals surface area (Å²) in [5, 5.41) is 9.08. The van der Waals surface area contributed by atoms with Gasteiger partial charge in [-0.3, -0.25) is 4.79 Å². The Morgan fingerprint density at radius 1 is 1.09 bits per heavy atom. The van der Waals surface area contributed by atoms with Gasteiger partial charge in [0.2, 0.25) is 0 Å². The number of carbonyl (C=O) groups is 1. The van der Waals surface area contributed by atoms with E-state index in [1.54, 1.807) is 13.1 Å². The number of imidazole rings is 1. The van der Waals surface area contributed by atoms with E-state index in [0.717, 1.165) is 30.3 Å². The fourth-order valence-electron chi connectivity index (χ4n) is 3.21. The number of nitrogens with one attached hydrogen (secondary N) is 1. The van der Waals surface area contributed by atoms with Crippen molar-refractivity contribution in [3.05, 3.63) is 89.3 Å². The molecule has 2 heterocycles. The van der Waals surface area contributed by atoms with E-state index in [9.17, 15) is 26.7 Å². The third-order valence-electron chi connectivity index (χ3n) is 4.78. The molecule has 4 aromatic rings. The van der Waals surface area contributed by atoms with Crippen LogP contribution in [0.1, 0.15) is 27.6 Å². The number of alkyl halides is 3. The number of nitrogens with zero attached hydrogens (tertiary/aromatic N) is 5. The summed E-state index contributed by atoms with van der Waals surface area (Å²) in [5.41, 5.74) is -1.94. The molecule has 1 N–H and O–H groups in total. The van der Waals surface area contributed by atoms with E-state index >= 15 is 0 Å². The maximum Gasteiger partial charge on any atom is 0.435 e. The number of benzene rings is 2. The van der Waals surface area contributed by atoms with Gasteiger partial charge in [0.15, 0.2) is 11.4 Å². The van der Waals surface area contributed by atoms with E-state index in [-0.39, 0.29) is 17.9 Å². The smallest absolute Gasteiger partial charge is 0.346 e. The van der Waals surface area contributed by atoms with Crippen molar-refractivity contribution in [1.82, 2.24) is 29.9 Å². The lowest BCUT2D eigenvalue weighted by molar-refractivity contribution is -0.143. The molecule has 12 heteroatoms. The largest absolute Gasteiger partial charge is 0.435 e. The SMILES string of the molecule is Cc1nccn1-c1ccc(CNC(=O)c2nnn(-c3ccc(F)cc3)c2C(F)(F)F)cc1F. The zero-order valence-electron chi connectivity index (χ0n) is 16.9. The number of carbonyl (C=O) groups excluding carboxylic acids is 1. The van der Waals surface area contributed by atoms with Gasteiger partial charge in [0, 0.05) is 18.9 Å². The molecule has 33 heavy (non-hydrogen) atoms. The Morgan fingerprint density at radius 2 is 1.82 bits per heavy atom. The molecule has 7 nitrogen and oxygen atoms in total. The van der Waals surface area contributed by atoms with Gasteiger partial charge >= 0.3 is 6.18 Å². The van der Waals surface area contributed by atoms with Crippen molar-refractivity contribution in [2.45, 2.75) is 19.6 Å². The molecule has 0 aliphatic heterocycles. The summed E-state index contributed by atoms with van der Waals surface area (Å²) in [6, 6.07) is 8.23. The van der Waals surface area contributed by atoms with Crippen molar-refractivity contribution in [3.8, 4) is 11.4 Å². The maximum absolute atomic E-state index is 14.5. The summed E-state index contributed by atoms with van der Waals surface area (Å²) in [6.45, 7) is 1.45. The van der Waals surface area contributed by atoms with Crippen molar-refractivity contribution in [1.29, 1.82) is 0 Å². The second-order valence-corrected chi connectivity index (χ2v) is 6.99. The number of hydrogen-bond donors (Lipinski definition) is 1. The van der Waals surface area contributed by atoms with Crippen LogP contribution in [0.2, 0.25) is 0 Å². The van der Waals surface area contributed by atoms with Gasteiger partial charge in [-0.15, -0.1) is 5.10 Å². The summed E-state index contributed by atoms with van der Waals surface area (Å²) in [4.78, 5) is 16.5. The molecule has 0 aliphatic rings. The lowest BCUT2D eigenvalue weighted by atomic mass is 10.2. The van der Waals surface area contributed by atoms with Crippen LogP contribution < -0.4 is 5.32 Å². The standard InChI is InChI=1S/C21H15F5N6O/c1-12-27-8-9-31(12)17-7-2-13(10-16(17)23)11-28-20(33)18-19(21(24,25)26)32(30-29-18)15-5-3-14(22)4-6-15/h2-10H,11H2,1H3,(H,28,33). The van der Waals surface area contributed by atoms with E-state index in [4.69, 9.17) is 0 Å². The average Bonchev–Trinajstić information content (AvgIpc) is 3.39. The number of aryl methyl sites for hydroxylation is 1. The quantitative estimate of drug-likeness (QED) is 0.455. The summed E-state index contributed by atoms with van der Waals surface area (Å²) in [7, 11) is 0. The highest BCUT2D eigenvalue weighted by atomic mass is 19.4. The number of hydrogen-bond acceptors (Lipinski definition) is 4. The fraction of sp³-hybridized carbons (Fsp3) is 0.143. The maximum atomic E-state index is 14.5. The lowest BCUT2D eigenvalue weighted by Crippen LogP contribution is -2.27. The van der Waals surface area contributed by atoms with Gasteiger partial charge in [0.1, 0.15) is 17.5 Å². The topological polar surface area (TPSA) is 77.6 Å². The Bertz CT molecular complexity index is 1310. The first-order valence-corrected chi connectivity index (χ1v) is 9.51. The van der Waals surface area contributed by atoms with Crippen LogP contribution >= 0.6 is 0 Å². The Kier molecular flexibility index (Phi) is 5.66. The first-order valence-electron chi connectivity index (χ1n) is 9.51. The fourth-order valence-corrected chi connectivity index (χ4v) is 3.21. The molecule has 2 aromatic heterocycles. The molecular weight excluding hydrogens is 447 g/mol. The zero-order chi connectivity index (χ0) is 23.8. The van der Waals surface area contributed by atoms with Crippen LogP contribution in [0.4, 0.5) is 22.0 Å². The summed E-state index contributed by atoms with van der Waals surface area (Å²) in [5.74, 6) is -1.82. The molecule has 170 valence electrons. The molecule has 0 bridgehead atoms. The first-order chi connectivity index (χ1) is 15.6. The average molecular weight is 462 g/mol. The molecule has 0 aliphatic carbocycles. The lowest BCUT2D eigenvalue weighted by Gasteiger charge is -2.12. The van der Waals surface area contributed by atoms with Gasteiger partial charge in [0.05, 0.1) is 11.4 Å². The summed E-state index contributed by atoms with van der Waals surface area (Å²) >= 11 is 0. The molecule has 0 saturated carbocycles. The van der Waals surface area contributed by atoms with Gasteiger partial charge in [-0.1, -0.05) is 11.3 Å². The van der Waals surface area contributed by atoms with Crippen LogP contribution in [0.5, 0.6) is 0 Å². The van der Waals surface area contributed by atoms with Crippen LogP contribution in [0.3, 0.4) is 0 Å². The van der Waals surface area contributed by atoms with Gasteiger partial charge in [0.25, 0.3) is 5.91 Å². The minimum atomic E-state index is -4.97. The van der Waals surface area contributed by atoms with E-state index in [2.05, 4.69) is 20.6 Å². The van der Waals surface area contributed by atoms with E-state index in [1.807, 2.05) is 0 Å². The normalized spacial score (nSPS) is 11.6. The van der Waals surface area contributed by atoms with Gasteiger partial charge in [-0.25, -0.2) is 18.4 Å². The molecule has 1 amide bonds. The predicted molar refractivity (Wildman–Crippen MR) is 106 cm³/mol. The highest BCUT2D eigenvalue weighted by Gasteiger charge is 2.42. The number of halogens is 5. The van der Waals surface area contributed by atoms with Crippen molar-refractivity contribution < 1.29 is 26.7 Å². The zero-order valence-corrected chi connectivity index (χ0v) is 16.9. The molecule has 0 radical (unpaired) electrons. The molecule has 0 fully saturated rings. The second kappa shape index (κ2) is 8.45. The molecule has 0 atom stereocenters. The third-order valence-corrected chi connectivity index (χ3v) is 4.78. The number of aromatic nitrogens is 5. The number of amides is 1. The van der Waals surface area contributed by atoms with Crippen LogP contribution in [0.25, 0.3) is 11.4 Å². The van der Waals surface area contributed by atoms with E-state index in [1.165, 1.54) is 22.9 Å². The summed E-state index contributed by atoms with van der Waals surface area (Å²) < 4.78 is 70.6. The molecule has 0 spiro atoms. The van der Waals surface area contributed by atoms with Crippen LogP contribution in [0, 0.1) is 18.6 Å². The van der Waals surface area contributed by atoms with Gasteiger partial charge in [-0.2, -0.15) is 13.2 Å². The van der Waals surface area contributed by atoms with Crippen molar-refractivity contribution in [2.24, 2.45) is 0 Å². The third kappa shape index (κ3) is 4.45. The van der Waals surface area contributed by atoms with E-state index in [0.29, 0.717) is 16.1 Å². The van der Waals surface area contributed by atoms with Crippen LogP contribution in [-0.2, 0) is 12.7 Å². The highest BCUT2D eigenvalue weighted by molar-refractivity contribution is 5.93. The minimum absolute atomic E-state index is 0.122. The Morgan fingerprint density at radius 3 is 2.42 bits per heavy atom. The minimum Gasteiger partial charge on any atom is -0.346 e. The molecule has 0 saturated heterocycles. The van der Waals surface area contributed by atoms with Gasteiger partial charge in [-0.05, 0) is 48.9 Å². The van der Waals surface area contributed by atoms with Crippen molar-refractivity contribution in [2.75, 3.05) is 0 Å². The first kappa shape index (κ1) is 22.1. The van der Waals surface area contributed by atoms with Gasteiger partial charge < -0.3 is 9.88 Å². The molecule has 0 unspecified atom stereocenters. The van der Waals surface area contributed by atoms with Crippen LogP contribution in [0.15, 0.2) is 54.9 Å². The monoisotopic (exact) mass is 462 g/mol. The van der Waals surface area contributed by atoms with Crippen LogP contribution in [-0.4, -0.2) is 30.5 Å². The predicted octanol–water partition coefficient (Wildman–Crippen LogP) is 3.99. The Balaban J connectivity index is 1.56. The van der Waals surface area contributed by atoms with Crippen molar-refractivity contribution >= 4 is 5.91 Å². The van der Waals surface area contributed by atoms with Crippen molar-refractivity contribution in [3.63, 3.8) is 0 Å². The molecule has 4 rings (SSSR count). The Hall–Kier alpha value is -4.09. The molecular formula is C21H15F5N6O. The summed E-state index contributed by atoms with van der Waals surface area (Å²) in [6.07, 6.45) is -1.88. The van der Waals surface area contributed by atoms with E-state index < -0.39 is 35.1 Å². The highest BCUT2D eigenvalue weighted by Crippen LogP contribution is 2.32.